The van der Waals surface area contributed by atoms with Gasteiger partial charge in [0.2, 0.25) is 0 Å². The third-order valence-electron chi connectivity index (χ3n) is 8.26. The number of ether oxygens (including phenoxy) is 1. The molecule has 4 atom stereocenters. The van der Waals surface area contributed by atoms with Crippen LogP contribution in [0.1, 0.15) is 70.5 Å². The van der Waals surface area contributed by atoms with Crippen LogP contribution in [0, 0.1) is 17.8 Å². The summed E-state index contributed by atoms with van der Waals surface area (Å²) >= 11 is 0. The van der Waals surface area contributed by atoms with Gasteiger partial charge in [-0.2, -0.15) is 0 Å². The van der Waals surface area contributed by atoms with Crippen LogP contribution >= 0.6 is 0 Å². The van der Waals surface area contributed by atoms with E-state index in [2.05, 4.69) is 34.5 Å². The van der Waals surface area contributed by atoms with Crippen LogP contribution < -0.4 is 5.32 Å². The van der Waals surface area contributed by atoms with Gasteiger partial charge >= 0.3 is 6.09 Å². The van der Waals surface area contributed by atoms with Gasteiger partial charge < -0.3 is 15.0 Å². The van der Waals surface area contributed by atoms with Crippen molar-refractivity contribution in [1.29, 1.82) is 0 Å². The van der Waals surface area contributed by atoms with Crippen LogP contribution in [-0.2, 0) is 10.2 Å². The minimum absolute atomic E-state index is 0. The smallest absolute Gasteiger partial charge is 0.407 e. The monoisotopic (exact) mass is 384 g/mol. The van der Waals surface area contributed by atoms with Gasteiger partial charge in [0.1, 0.15) is 0 Å². The lowest BCUT2D eigenvalue weighted by Gasteiger charge is -2.42. The molecule has 2 bridgehead atoms. The van der Waals surface area contributed by atoms with Crippen LogP contribution in [0.4, 0.5) is 4.79 Å². The second-order valence-electron chi connectivity index (χ2n) is 9.72. The summed E-state index contributed by atoms with van der Waals surface area (Å²) in [6.45, 7) is 6.00. The van der Waals surface area contributed by atoms with Gasteiger partial charge in [-0.1, -0.05) is 30.7 Å². The van der Waals surface area contributed by atoms with Crippen molar-refractivity contribution >= 4 is 6.09 Å². The molecule has 2 saturated carbocycles. The molecule has 1 aromatic rings. The molecule has 4 aliphatic rings. The van der Waals surface area contributed by atoms with Gasteiger partial charge in [0, 0.05) is 13.4 Å². The summed E-state index contributed by atoms with van der Waals surface area (Å²) in [5.74, 6) is 3.02. The first kappa shape index (κ1) is 18.5. The van der Waals surface area contributed by atoms with Crippen LogP contribution in [0.2, 0.25) is 0 Å². The molecule has 1 saturated heterocycles. The van der Waals surface area contributed by atoms with Gasteiger partial charge in [0.15, 0.2) is 0 Å². The highest BCUT2D eigenvalue weighted by molar-refractivity contribution is 5.68. The van der Waals surface area contributed by atoms with Crippen molar-refractivity contribution in [2.45, 2.75) is 63.3 Å². The van der Waals surface area contributed by atoms with Gasteiger partial charge in [0.25, 0.3) is 0 Å². The number of hydrogen-bond acceptors (Lipinski definition) is 3. The van der Waals surface area contributed by atoms with Crippen LogP contribution in [0.3, 0.4) is 0 Å². The maximum absolute atomic E-state index is 12.0. The number of amides is 1. The Hall–Kier alpha value is -1.55. The highest BCUT2D eigenvalue weighted by atomic mass is 16.5. The number of benzene rings is 1. The second kappa shape index (κ2) is 7.37. The molecule has 1 aliphatic heterocycles. The van der Waals surface area contributed by atoms with E-state index in [0.29, 0.717) is 6.61 Å². The maximum Gasteiger partial charge on any atom is 0.407 e. The van der Waals surface area contributed by atoms with E-state index in [-0.39, 0.29) is 19.0 Å². The van der Waals surface area contributed by atoms with Gasteiger partial charge in [-0.15, -0.1) is 0 Å². The summed E-state index contributed by atoms with van der Waals surface area (Å²) < 4.78 is 5.15. The van der Waals surface area contributed by atoms with Crippen molar-refractivity contribution in [1.82, 2.24) is 10.2 Å². The summed E-state index contributed by atoms with van der Waals surface area (Å²) in [6.07, 6.45) is 9.15. The van der Waals surface area contributed by atoms with E-state index in [1.54, 1.807) is 0 Å². The van der Waals surface area contributed by atoms with E-state index < -0.39 is 0 Å². The van der Waals surface area contributed by atoms with Crippen LogP contribution in [0.25, 0.3) is 0 Å². The average Bonchev–Trinajstić information content (AvgIpc) is 3.39. The first-order valence-electron chi connectivity index (χ1n) is 11.4. The SMILES string of the molecule is CCOC(=O)N[C@H]1CC2(CCN(C[C@H]3C[C@H]4CC[C@@H]3C4)CC2)c2ccccc21.[HH]. The van der Waals surface area contributed by atoms with Crippen molar-refractivity contribution in [2.24, 2.45) is 17.8 Å². The molecule has 28 heavy (non-hydrogen) atoms. The number of fused-ring (bicyclic) bond motifs is 4. The molecule has 1 amide bonds. The minimum Gasteiger partial charge on any atom is -0.450 e. The van der Waals surface area contributed by atoms with Crippen LogP contribution in [-0.4, -0.2) is 37.2 Å². The van der Waals surface area contributed by atoms with Crippen molar-refractivity contribution in [3.8, 4) is 0 Å². The van der Waals surface area contributed by atoms with E-state index in [1.165, 1.54) is 69.3 Å². The number of rotatable bonds is 4. The zero-order chi connectivity index (χ0) is 19.1. The second-order valence-corrected chi connectivity index (χ2v) is 9.72. The number of hydrogen-bond donors (Lipinski definition) is 1. The zero-order valence-corrected chi connectivity index (χ0v) is 17.2. The summed E-state index contributed by atoms with van der Waals surface area (Å²) in [5, 5.41) is 3.12. The molecule has 0 radical (unpaired) electrons. The Labute approximate surface area is 170 Å². The van der Waals surface area contributed by atoms with Crippen LogP contribution in [0.5, 0.6) is 0 Å². The fourth-order valence-electron chi connectivity index (χ4n) is 6.91. The number of nitrogens with zero attached hydrogens (tertiary/aromatic N) is 1. The Bertz CT molecular complexity index is 731. The summed E-state index contributed by atoms with van der Waals surface area (Å²) in [6, 6.07) is 8.85. The van der Waals surface area contributed by atoms with Gasteiger partial charge in [0.05, 0.1) is 12.6 Å². The fourth-order valence-corrected chi connectivity index (χ4v) is 6.91. The Kier molecular flexibility index (Phi) is 4.86. The fraction of sp³-hybridized carbons (Fsp3) is 0.708. The molecule has 4 nitrogen and oxygen atoms in total. The predicted molar refractivity (Wildman–Crippen MR) is 112 cm³/mol. The Morgan fingerprint density at radius 2 is 2.07 bits per heavy atom. The minimum atomic E-state index is -0.284. The third-order valence-corrected chi connectivity index (χ3v) is 8.26. The van der Waals surface area contributed by atoms with Crippen molar-refractivity contribution in [3.63, 3.8) is 0 Å². The molecule has 154 valence electrons. The van der Waals surface area contributed by atoms with E-state index in [4.69, 9.17) is 4.74 Å². The van der Waals surface area contributed by atoms with E-state index >= 15 is 0 Å². The molecule has 1 heterocycles. The van der Waals surface area contributed by atoms with Crippen LogP contribution in [0.15, 0.2) is 24.3 Å². The lowest BCUT2D eigenvalue weighted by atomic mass is 9.73. The molecule has 1 aromatic carbocycles. The van der Waals surface area contributed by atoms with Gasteiger partial charge in [-0.05, 0) is 87.4 Å². The first-order chi connectivity index (χ1) is 13.7. The quantitative estimate of drug-likeness (QED) is 0.803. The van der Waals surface area contributed by atoms with E-state index in [1.807, 2.05) is 6.92 Å². The Balaban J connectivity index is 0.00000205. The van der Waals surface area contributed by atoms with E-state index in [0.717, 1.165) is 24.2 Å². The van der Waals surface area contributed by atoms with Gasteiger partial charge in [-0.3, -0.25) is 0 Å². The number of alkyl carbamates (subject to hydrolysis) is 1. The molecule has 0 unspecified atom stereocenters. The summed E-state index contributed by atoms with van der Waals surface area (Å²) in [5.41, 5.74) is 3.00. The topological polar surface area (TPSA) is 41.6 Å². The molecule has 3 aliphatic carbocycles. The predicted octanol–water partition coefficient (Wildman–Crippen LogP) is 4.89. The van der Waals surface area contributed by atoms with Crippen molar-refractivity contribution < 1.29 is 11.0 Å². The molecule has 0 aromatic heterocycles. The maximum atomic E-state index is 12.0. The Morgan fingerprint density at radius 1 is 1.25 bits per heavy atom. The molecule has 1 N–H and O–H groups in total. The highest BCUT2D eigenvalue weighted by Gasteiger charge is 2.47. The zero-order valence-electron chi connectivity index (χ0n) is 17.2. The van der Waals surface area contributed by atoms with Gasteiger partial charge in [-0.25, -0.2) is 4.79 Å². The lowest BCUT2D eigenvalue weighted by Crippen LogP contribution is -2.44. The lowest BCUT2D eigenvalue weighted by molar-refractivity contribution is 0.116. The molecule has 3 fully saturated rings. The first-order valence-corrected chi connectivity index (χ1v) is 11.4. The number of carbonyl (C=O) groups is 1. The number of nitrogens with one attached hydrogen (secondary N) is 1. The number of likely N-dealkylation sites (tertiary alicyclic amines) is 1. The van der Waals surface area contributed by atoms with Crippen molar-refractivity contribution in [3.05, 3.63) is 35.4 Å². The Morgan fingerprint density at radius 3 is 2.79 bits per heavy atom. The van der Waals surface area contributed by atoms with E-state index in [9.17, 15) is 4.79 Å². The standard InChI is InChI=1S/C24H34N2O2.H2/c1-2-28-23(27)25-22-15-24(21-6-4-3-5-20(21)22)9-11-26(12-10-24)16-19-14-17-7-8-18(19)13-17;/h3-6,17-19,22H,2,7-16H2,1H3,(H,25,27);1H/t17-,18+,19+,22-;/m0./s1. The largest absolute Gasteiger partial charge is 0.450 e. The highest BCUT2D eigenvalue weighted by Crippen LogP contribution is 2.52. The summed E-state index contributed by atoms with van der Waals surface area (Å²) in [4.78, 5) is 14.8. The molecular weight excluding hydrogens is 348 g/mol. The molecular formula is C24H36N2O2. The number of carbonyl (C=O) groups excluding carboxylic acids is 1. The molecule has 4 heteroatoms. The summed E-state index contributed by atoms with van der Waals surface area (Å²) in [7, 11) is 0. The van der Waals surface area contributed by atoms with Crippen molar-refractivity contribution in [2.75, 3.05) is 26.2 Å². The average molecular weight is 385 g/mol. The third kappa shape index (κ3) is 3.24. The molecule has 1 spiro atoms. The molecule has 5 rings (SSSR count). The normalized spacial score (nSPS) is 33.2. The number of piperidine rings is 1.